The number of amides is 1. The Hall–Kier alpha value is -1.98. The zero-order valence-electron chi connectivity index (χ0n) is 9.62. The second-order valence-corrected chi connectivity index (χ2v) is 3.50. The number of hydrogen-bond donors (Lipinski definition) is 1. The molecule has 0 aliphatic carbocycles. The number of carbonyl (C=O) groups excluding carboxylic acids is 1. The second kappa shape index (κ2) is 6.09. The molecule has 18 heavy (non-hydrogen) atoms. The number of benzene rings is 1. The molecule has 0 unspecified atom stereocenters. The third kappa shape index (κ3) is 3.80. The van der Waals surface area contributed by atoms with Crippen molar-refractivity contribution in [3.05, 3.63) is 42.2 Å². The van der Waals surface area contributed by atoms with Crippen molar-refractivity contribution in [2.45, 2.75) is 19.6 Å². The molecule has 1 N–H and O–H groups in total. The first-order chi connectivity index (χ1) is 8.43. The van der Waals surface area contributed by atoms with Crippen LogP contribution in [0, 0.1) is 5.82 Å². The van der Waals surface area contributed by atoms with Crippen LogP contribution in [0.5, 0.6) is 5.75 Å². The molecule has 1 aromatic rings. The van der Waals surface area contributed by atoms with Crippen molar-refractivity contribution in [1.82, 2.24) is 5.32 Å². The maximum absolute atomic E-state index is 13.0. The molecular weight excluding hydrogens is 247 g/mol. The van der Waals surface area contributed by atoms with E-state index < -0.39 is 24.4 Å². The predicted molar refractivity (Wildman–Crippen MR) is 59.8 cm³/mol. The van der Waals surface area contributed by atoms with Crippen molar-refractivity contribution in [2.75, 3.05) is 0 Å². The molecule has 0 saturated heterocycles. The Morgan fingerprint density at radius 3 is 2.72 bits per heavy atom. The highest BCUT2D eigenvalue weighted by molar-refractivity contribution is 5.87. The standard InChI is InChI=1S/C12H12F3NO2/c1-3-11(17)16-7(2)9-5-4-8(13)6-10(9)18-12(14)15/h3-7,12H,1H2,2H3,(H,16,17)/t7-/m0/s1. The Balaban J connectivity index is 2.98. The summed E-state index contributed by atoms with van der Waals surface area (Å²) in [4.78, 5) is 11.1. The van der Waals surface area contributed by atoms with Crippen LogP contribution in [-0.4, -0.2) is 12.5 Å². The second-order valence-electron chi connectivity index (χ2n) is 3.50. The van der Waals surface area contributed by atoms with Gasteiger partial charge in [0, 0.05) is 11.6 Å². The molecule has 6 heteroatoms. The van der Waals surface area contributed by atoms with Crippen LogP contribution >= 0.6 is 0 Å². The van der Waals surface area contributed by atoms with Crippen LogP contribution < -0.4 is 10.1 Å². The van der Waals surface area contributed by atoms with Crippen molar-refractivity contribution in [3.63, 3.8) is 0 Å². The molecule has 3 nitrogen and oxygen atoms in total. The van der Waals surface area contributed by atoms with Gasteiger partial charge in [0.25, 0.3) is 0 Å². The highest BCUT2D eigenvalue weighted by Gasteiger charge is 2.16. The summed E-state index contributed by atoms with van der Waals surface area (Å²) in [6, 6.07) is 2.62. The molecular formula is C12H12F3NO2. The van der Waals surface area contributed by atoms with Gasteiger partial charge < -0.3 is 10.1 Å². The van der Waals surface area contributed by atoms with Crippen LogP contribution in [0.2, 0.25) is 0 Å². The maximum atomic E-state index is 13.0. The fraction of sp³-hybridized carbons (Fsp3) is 0.250. The quantitative estimate of drug-likeness (QED) is 0.826. The van der Waals surface area contributed by atoms with Gasteiger partial charge in [-0.2, -0.15) is 8.78 Å². The van der Waals surface area contributed by atoms with Gasteiger partial charge in [-0.3, -0.25) is 4.79 Å². The highest BCUT2D eigenvalue weighted by Crippen LogP contribution is 2.27. The minimum absolute atomic E-state index is 0.256. The molecule has 0 heterocycles. The molecule has 1 atom stereocenters. The van der Waals surface area contributed by atoms with Crippen molar-refractivity contribution in [2.24, 2.45) is 0 Å². The number of rotatable bonds is 5. The first-order valence-electron chi connectivity index (χ1n) is 5.11. The maximum Gasteiger partial charge on any atom is 0.387 e. The van der Waals surface area contributed by atoms with Gasteiger partial charge in [0.15, 0.2) is 0 Å². The molecule has 0 spiro atoms. The minimum Gasteiger partial charge on any atom is -0.434 e. The van der Waals surface area contributed by atoms with E-state index >= 15 is 0 Å². The lowest BCUT2D eigenvalue weighted by Crippen LogP contribution is -2.25. The van der Waals surface area contributed by atoms with Crippen LogP contribution in [0.15, 0.2) is 30.9 Å². The van der Waals surface area contributed by atoms with E-state index in [4.69, 9.17) is 0 Å². The lowest BCUT2D eigenvalue weighted by Gasteiger charge is -2.17. The topological polar surface area (TPSA) is 38.3 Å². The minimum atomic E-state index is -3.06. The summed E-state index contributed by atoms with van der Waals surface area (Å²) in [5, 5.41) is 2.47. The summed E-state index contributed by atoms with van der Waals surface area (Å²) in [5.41, 5.74) is 0.256. The number of halogens is 3. The van der Waals surface area contributed by atoms with Gasteiger partial charge in [-0.25, -0.2) is 4.39 Å². The van der Waals surface area contributed by atoms with Crippen molar-refractivity contribution in [1.29, 1.82) is 0 Å². The smallest absolute Gasteiger partial charge is 0.387 e. The van der Waals surface area contributed by atoms with Gasteiger partial charge in [-0.05, 0) is 19.1 Å². The van der Waals surface area contributed by atoms with Crippen molar-refractivity contribution < 1.29 is 22.7 Å². The lowest BCUT2D eigenvalue weighted by atomic mass is 10.1. The highest BCUT2D eigenvalue weighted by atomic mass is 19.3. The monoisotopic (exact) mass is 259 g/mol. The molecule has 0 saturated carbocycles. The van der Waals surface area contributed by atoms with Crippen molar-refractivity contribution in [3.8, 4) is 5.75 Å². The first kappa shape index (κ1) is 14.1. The molecule has 1 aromatic carbocycles. The Labute approximate surface area is 102 Å². The van der Waals surface area contributed by atoms with Crippen LogP contribution in [-0.2, 0) is 4.79 Å². The summed E-state index contributed by atoms with van der Waals surface area (Å²) in [6.45, 7) is 1.77. The summed E-state index contributed by atoms with van der Waals surface area (Å²) in [6.07, 6.45) is 1.05. The Morgan fingerprint density at radius 2 is 2.17 bits per heavy atom. The zero-order chi connectivity index (χ0) is 13.7. The van der Waals surface area contributed by atoms with E-state index in [0.717, 1.165) is 18.2 Å². The Bertz CT molecular complexity index is 449. The van der Waals surface area contributed by atoms with E-state index in [1.54, 1.807) is 6.92 Å². The fourth-order valence-corrected chi connectivity index (χ4v) is 1.41. The van der Waals surface area contributed by atoms with Gasteiger partial charge in [-0.1, -0.05) is 12.6 Å². The summed E-state index contributed by atoms with van der Waals surface area (Å²) in [7, 11) is 0. The van der Waals surface area contributed by atoms with E-state index in [1.165, 1.54) is 6.07 Å². The lowest BCUT2D eigenvalue weighted by molar-refractivity contribution is -0.117. The van der Waals surface area contributed by atoms with Gasteiger partial charge in [0.2, 0.25) is 5.91 Å². The van der Waals surface area contributed by atoms with Gasteiger partial charge >= 0.3 is 6.61 Å². The molecule has 98 valence electrons. The Kier molecular flexibility index (Phi) is 4.76. The third-order valence-electron chi connectivity index (χ3n) is 2.20. The molecule has 0 bridgehead atoms. The molecule has 0 aromatic heterocycles. The molecule has 0 fully saturated rings. The number of carbonyl (C=O) groups is 1. The Morgan fingerprint density at radius 1 is 1.50 bits per heavy atom. The van der Waals surface area contributed by atoms with Gasteiger partial charge in [0.05, 0.1) is 6.04 Å². The van der Waals surface area contributed by atoms with Crippen LogP contribution in [0.4, 0.5) is 13.2 Å². The van der Waals surface area contributed by atoms with Gasteiger partial charge in [-0.15, -0.1) is 0 Å². The largest absolute Gasteiger partial charge is 0.434 e. The summed E-state index contributed by atoms with van der Waals surface area (Å²) >= 11 is 0. The summed E-state index contributed by atoms with van der Waals surface area (Å²) < 4.78 is 41.5. The molecule has 1 amide bonds. The van der Waals surface area contributed by atoms with E-state index in [2.05, 4.69) is 16.6 Å². The van der Waals surface area contributed by atoms with E-state index in [-0.39, 0.29) is 11.3 Å². The normalized spacial score (nSPS) is 12.1. The van der Waals surface area contributed by atoms with E-state index in [1.807, 2.05) is 0 Å². The average Bonchev–Trinajstić information content (AvgIpc) is 2.27. The summed E-state index contributed by atoms with van der Waals surface area (Å²) in [5.74, 6) is -1.46. The average molecular weight is 259 g/mol. The number of hydrogen-bond acceptors (Lipinski definition) is 2. The van der Waals surface area contributed by atoms with Crippen molar-refractivity contribution >= 4 is 5.91 Å². The van der Waals surface area contributed by atoms with E-state index in [0.29, 0.717) is 0 Å². The molecule has 1 rings (SSSR count). The third-order valence-corrected chi connectivity index (χ3v) is 2.20. The molecule has 0 aliphatic rings. The van der Waals surface area contributed by atoms with Gasteiger partial charge in [0.1, 0.15) is 11.6 Å². The van der Waals surface area contributed by atoms with Crippen LogP contribution in [0.3, 0.4) is 0 Å². The predicted octanol–water partition coefficient (Wildman–Crippen LogP) is 2.79. The zero-order valence-corrected chi connectivity index (χ0v) is 9.62. The SMILES string of the molecule is C=CC(=O)N[C@@H](C)c1ccc(F)cc1OC(F)F. The molecule has 0 aliphatic heterocycles. The van der Waals surface area contributed by atoms with Crippen LogP contribution in [0.25, 0.3) is 0 Å². The fourth-order valence-electron chi connectivity index (χ4n) is 1.41. The van der Waals surface area contributed by atoms with Crippen LogP contribution in [0.1, 0.15) is 18.5 Å². The van der Waals surface area contributed by atoms with E-state index in [9.17, 15) is 18.0 Å². The number of alkyl halides is 2. The number of ether oxygens (including phenoxy) is 1. The number of nitrogens with one attached hydrogen (secondary N) is 1. The molecule has 0 radical (unpaired) electrons. The first-order valence-corrected chi connectivity index (χ1v) is 5.11.